The summed E-state index contributed by atoms with van der Waals surface area (Å²) in [6.07, 6.45) is 5.82. The van der Waals surface area contributed by atoms with Crippen LogP contribution >= 0.6 is 0 Å². The van der Waals surface area contributed by atoms with Crippen LogP contribution in [0.5, 0.6) is 0 Å². The molecule has 0 saturated carbocycles. The maximum atomic E-state index is 8.75. The number of nitrogens with zero attached hydrogens (tertiary/aromatic N) is 2. The van der Waals surface area contributed by atoms with Crippen molar-refractivity contribution < 1.29 is 4.74 Å². The summed E-state index contributed by atoms with van der Waals surface area (Å²) in [6.45, 7) is 3.39. The summed E-state index contributed by atoms with van der Waals surface area (Å²) in [7, 11) is 0. The van der Waals surface area contributed by atoms with E-state index in [0.29, 0.717) is 19.4 Å². The Morgan fingerprint density at radius 1 is 1.20 bits per heavy atom. The SMILES string of the molecule is CCCCCCOCC(C#N)CCC#N. The molecule has 0 aliphatic heterocycles. The summed E-state index contributed by atoms with van der Waals surface area (Å²) in [6, 6.07) is 4.21. The van der Waals surface area contributed by atoms with Crippen LogP contribution in [-0.2, 0) is 4.74 Å². The molecule has 0 heterocycles. The van der Waals surface area contributed by atoms with E-state index >= 15 is 0 Å². The van der Waals surface area contributed by atoms with Crippen molar-refractivity contribution >= 4 is 0 Å². The third kappa shape index (κ3) is 9.25. The highest BCUT2D eigenvalue weighted by Gasteiger charge is 2.06. The quantitative estimate of drug-likeness (QED) is 0.547. The molecule has 0 aromatic carbocycles. The Balaban J connectivity index is 3.32. The van der Waals surface area contributed by atoms with Crippen molar-refractivity contribution in [1.82, 2.24) is 0 Å². The van der Waals surface area contributed by atoms with Gasteiger partial charge >= 0.3 is 0 Å². The van der Waals surface area contributed by atoms with Gasteiger partial charge in [0.1, 0.15) is 0 Å². The summed E-state index contributed by atoms with van der Waals surface area (Å²) >= 11 is 0. The van der Waals surface area contributed by atoms with Crippen molar-refractivity contribution in [2.24, 2.45) is 5.92 Å². The third-order valence-electron chi connectivity index (χ3n) is 2.25. The molecule has 0 rings (SSSR count). The Hall–Kier alpha value is -1.06. The van der Waals surface area contributed by atoms with Crippen molar-refractivity contribution in [2.75, 3.05) is 13.2 Å². The lowest BCUT2D eigenvalue weighted by Gasteiger charge is -2.07. The molecule has 0 N–H and O–H groups in total. The van der Waals surface area contributed by atoms with Crippen LogP contribution in [0.15, 0.2) is 0 Å². The summed E-state index contributed by atoms with van der Waals surface area (Å²) in [5.41, 5.74) is 0. The number of hydrogen-bond donors (Lipinski definition) is 0. The predicted octanol–water partition coefficient (Wildman–Crippen LogP) is 3.03. The van der Waals surface area contributed by atoms with E-state index in [4.69, 9.17) is 15.3 Å². The second-order valence-electron chi connectivity index (χ2n) is 3.66. The van der Waals surface area contributed by atoms with Crippen LogP contribution in [0, 0.1) is 28.6 Å². The number of rotatable bonds is 9. The Bertz CT molecular complexity index is 215. The summed E-state index contributed by atoms with van der Waals surface area (Å²) in [5, 5.41) is 17.1. The second-order valence-corrected chi connectivity index (χ2v) is 3.66. The zero-order chi connectivity index (χ0) is 11.4. The zero-order valence-electron chi connectivity index (χ0n) is 9.54. The number of nitriles is 2. The number of unbranched alkanes of at least 4 members (excludes halogenated alkanes) is 3. The van der Waals surface area contributed by atoms with Crippen LogP contribution in [0.1, 0.15) is 45.4 Å². The standard InChI is InChI=1S/C12H20N2O/c1-2-3-4-5-9-15-11-12(10-14)7-6-8-13/h12H,2-7,9,11H2,1H3. The van der Waals surface area contributed by atoms with Crippen LogP contribution in [-0.4, -0.2) is 13.2 Å². The Morgan fingerprint density at radius 3 is 2.60 bits per heavy atom. The van der Waals surface area contributed by atoms with Gasteiger partial charge in [0, 0.05) is 13.0 Å². The molecule has 0 bridgehead atoms. The maximum Gasteiger partial charge on any atom is 0.0707 e. The van der Waals surface area contributed by atoms with Gasteiger partial charge in [-0.3, -0.25) is 0 Å². The lowest BCUT2D eigenvalue weighted by molar-refractivity contribution is 0.109. The van der Waals surface area contributed by atoms with Gasteiger partial charge in [-0.05, 0) is 12.8 Å². The van der Waals surface area contributed by atoms with Crippen molar-refractivity contribution in [3.63, 3.8) is 0 Å². The third-order valence-corrected chi connectivity index (χ3v) is 2.25. The van der Waals surface area contributed by atoms with Gasteiger partial charge in [0.05, 0.1) is 24.7 Å². The monoisotopic (exact) mass is 208 g/mol. The second kappa shape index (κ2) is 11.0. The van der Waals surface area contributed by atoms with E-state index in [1.165, 1.54) is 19.3 Å². The van der Waals surface area contributed by atoms with Crippen molar-refractivity contribution in [3.8, 4) is 12.1 Å². The fourth-order valence-corrected chi connectivity index (χ4v) is 1.28. The molecule has 3 heteroatoms. The summed E-state index contributed by atoms with van der Waals surface area (Å²) in [5.74, 6) is -0.115. The molecule has 0 amide bonds. The van der Waals surface area contributed by atoms with Gasteiger partial charge in [-0.1, -0.05) is 26.2 Å². The molecule has 0 radical (unpaired) electrons. The average Bonchev–Trinajstić information content (AvgIpc) is 2.27. The first-order valence-corrected chi connectivity index (χ1v) is 5.69. The molecule has 0 spiro atoms. The van der Waals surface area contributed by atoms with Gasteiger partial charge in [-0.25, -0.2) is 0 Å². The molecule has 3 nitrogen and oxygen atoms in total. The first-order chi connectivity index (χ1) is 7.35. The van der Waals surface area contributed by atoms with Gasteiger partial charge in [0.2, 0.25) is 0 Å². The highest BCUT2D eigenvalue weighted by molar-refractivity contribution is 4.85. The first-order valence-electron chi connectivity index (χ1n) is 5.69. The molecule has 0 aliphatic rings. The van der Waals surface area contributed by atoms with Crippen LogP contribution in [0.2, 0.25) is 0 Å². The van der Waals surface area contributed by atoms with Crippen molar-refractivity contribution in [3.05, 3.63) is 0 Å². The normalized spacial score (nSPS) is 11.7. The molecular weight excluding hydrogens is 188 g/mol. The maximum absolute atomic E-state index is 8.75. The van der Waals surface area contributed by atoms with Crippen LogP contribution in [0.3, 0.4) is 0 Å². The highest BCUT2D eigenvalue weighted by atomic mass is 16.5. The topological polar surface area (TPSA) is 56.8 Å². The fraction of sp³-hybridized carbons (Fsp3) is 0.833. The van der Waals surface area contributed by atoms with Crippen molar-refractivity contribution in [1.29, 1.82) is 10.5 Å². The van der Waals surface area contributed by atoms with E-state index in [1.54, 1.807) is 0 Å². The van der Waals surface area contributed by atoms with E-state index in [2.05, 4.69) is 13.0 Å². The lowest BCUT2D eigenvalue weighted by Crippen LogP contribution is -2.08. The minimum absolute atomic E-state index is 0.115. The van der Waals surface area contributed by atoms with Crippen LogP contribution in [0.25, 0.3) is 0 Å². The van der Waals surface area contributed by atoms with Gasteiger partial charge in [0.15, 0.2) is 0 Å². The smallest absolute Gasteiger partial charge is 0.0707 e. The van der Waals surface area contributed by atoms with E-state index in [9.17, 15) is 0 Å². The first kappa shape index (κ1) is 13.9. The van der Waals surface area contributed by atoms with Crippen LogP contribution < -0.4 is 0 Å². The minimum atomic E-state index is -0.115. The van der Waals surface area contributed by atoms with Gasteiger partial charge in [0.25, 0.3) is 0 Å². The molecular formula is C12H20N2O. The molecule has 1 atom stereocenters. The van der Waals surface area contributed by atoms with E-state index in [1.807, 2.05) is 6.07 Å². The van der Waals surface area contributed by atoms with Gasteiger partial charge in [-0.2, -0.15) is 10.5 Å². The highest BCUT2D eigenvalue weighted by Crippen LogP contribution is 2.06. The van der Waals surface area contributed by atoms with Gasteiger partial charge in [-0.15, -0.1) is 0 Å². The molecule has 0 saturated heterocycles. The molecule has 0 fully saturated rings. The fourth-order valence-electron chi connectivity index (χ4n) is 1.28. The van der Waals surface area contributed by atoms with E-state index < -0.39 is 0 Å². The predicted molar refractivity (Wildman–Crippen MR) is 58.9 cm³/mol. The molecule has 0 aliphatic carbocycles. The Labute approximate surface area is 92.7 Å². The molecule has 1 unspecified atom stereocenters. The molecule has 0 aromatic rings. The number of ether oxygens (including phenoxy) is 1. The summed E-state index contributed by atoms with van der Waals surface area (Å²) < 4.78 is 5.40. The molecule has 15 heavy (non-hydrogen) atoms. The lowest BCUT2D eigenvalue weighted by atomic mass is 10.1. The molecule has 84 valence electrons. The largest absolute Gasteiger partial charge is 0.380 e. The van der Waals surface area contributed by atoms with Gasteiger partial charge < -0.3 is 4.74 Å². The van der Waals surface area contributed by atoms with Crippen molar-refractivity contribution in [2.45, 2.75) is 45.4 Å². The molecule has 0 aromatic heterocycles. The minimum Gasteiger partial charge on any atom is -0.380 e. The number of hydrogen-bond acceptors (Lipinski definition) is 3. The Morgan fingerprint density at radius 2 is 2.00 bits per heavy atom. The van der Waals surface area contributed by atoms with E-state index in [0.717, 1.165) is 13.0 Å². The van der Waals surface area contributed by atoms with Crippen LogP contribution in [0.4, 0.5) is 0 Å². The average molecular weight is 208 g/mol. The Kier molecular flexibility index (Phi) is 10.2. The summed E-state index contributed by atoms with van der Waals surface area (Å²) in [4.78, 5) is 0. The zero-order valence-corrected chi connectivity index (χ0v) is 9.54. The van der Waals surface area contributed by atoms with E-state index in [-0.39, 0.29) is 5.92 Å².